The number of fused-ring (bicyclic) bond motifs is 2. The molecule has 5 nitrogen and oxygen atoms in total. The van der Waals surface area contributed by atoms with Crippen molar-refractivity contribution in [3.05, 3.63) is 65.7 Å². The Balaban J connectivity index is 1.50. The Bertz CT molecular complexity index is 1360. The molecule has 0 radical (unpaired) electrons. The van der Waals surface area contributed by atoms with Gasteiger partial charge in [-0.2, -0.15) is 5.10 Å². The Kier molecular flexibility index (Phi) is 3.85. The largest absolute Gasteiger partial charge is 0.353 e. The second-order valence-electron chi connectivity index (χ2n) is 7.28. The molecule has 5 heterocycles. The first-order chi connectivity index (χ1) is 14.4. The molecule has 0 saturated carbocycles. The van der Waals surface area contributed by atoms with Crippen molar-refractivity contribution < 1.29 is 0 Å². The lowest BCUT2D eigenvalue weighted by Crippen LogP contribution is -2.20. The summed E-state index contributed by atoms with van der Waals surface area (Å²) < 4.78 is 0. The maximum absolute atomic E-state index is 4.97. The van der Waals surface area contributed by atoms with Gasteiger partial charge < -0.3 is 10.3 Å². The molecule has 142 valence electrons. The van der Waals surface area contributed by atoms with Crippen LogP contribution in [0.1, 0.15) is 12.1 Å². The fourth-order valence-corrected chi connectivity index (χ4v) is 4.82. The maximum atomic E-state index is 4.97. The number of hydrogen-bond acceptors (Lipinski definition) is 4. The molecule has 0 atom stereocenters. The van der Waals surface area contributed by atoms with Gasteiger partial charge in [0.1, 0.15) is 11.2 Å². The lowest BCUT2D eigenvalue weighted by atomic mass is 10.0. The highest BCUT2D eigenvalue weighted by Gasteiger charge is 2.16. The number of benzene rings is 1. The summed E-state index contributed by atoms with van der Waals surface area (Å²) in [4.78, 5) is 9.79. The van der Waals surface area contributed by atoms with Crippen LogP contribution in [0.25, 0.3) is 49.3 Å². The number of aromatic nitrogens is 4. The summed E-state index contributed by atoms with van der Waals surface area (Å²) in [5.74, 6) is 0. The van der Waals surface area contributed by atoms with E-state index in [9.17, 15) is 0 Å². The van der Waals surface area contributed by atoms with Gasteiger partial charge in [0.2, 0.25) is 0 Å². The van der Waals surface area contributed by atoms with E-state index < -0.39 is 0 Å². The highest BCUT2D eigenvalue weighted by atomic mass is 32.1. The smallest absolute Gasteiger partial charge is 0.135 e. The molecule has 0 amide bonds. The Morgan fingerprint density at radius 2 is 2.00 bits per heavy atom. The Morgan fingerprint density at radius 3 is 2.86 bits per heavy atom. The predicted octanol–water partition coefficient (Wildman–Crippen LogP) is 5.21. The number of thiophene rings is 1. The molecular formula is C23H19N5S. The molecule has 4 aromatic heterocycles. The molecule has 5 aromatic rings. The van der Waals surface area contributed by atoms with Crippen molar-refractivity contribution in [3.63, 3.8) is 0 Å². The predicted molar refractivity (Wildman–Crippen MR) is 120 cm³/mol. The molecular weight excluding hydrogens is 378 g/mol. The summed E-state index contributed by atoms with van der Waals surface area (Å²) in [5, 5.41) is 14.4. The van der Waals surface area contributed by atoms with E-state index in [1.54, 1.807) is 11.3 Å². The van der Waals surface area contributed by atoms with E-state index in [0.717, 1.165) is 53.1 Å². The normalized spacial score (nSPS) is 14.6. The zero-order valence-electron chi connectivity index (χ0n) is 15.7. The van der Waals surface area contributed by atoms with E-state index in [1.165, 1.54) is 21.4 Å². The average molecular weight is 398 g/mol. The minimum atomic E-state index is 0.865. The Labute approximate surface area is 171 Å². The fraction of sp³-hybridized carbons (Fsp3) is 0.130. The van der Waals surface area contributed by atoms with Crippen molar-refractivity contribution in [1.29, 1.82) is 0 Å². The molecule has 0 fully saturated rings. The minimum Gasteiger partial charge on any atom is -0.353 e. The first-order valence-electron chi connectivity index (χ1n) is 9.78. The summed E-state index contributed by atoms with van der Waals surface area (Å²) in [6.45, 7) is 1.90. The molecule has 6 heteroatoms. The molecule has 6 rings (SSSR count). The van der Waals surface area contributed by atoms with Crippen LogP contribution in [-0.2, 0) is 0 Å². The average Bonchev–Trinajstić information content (AvgIpc) is 3.52. The quantitative estimate of drug-likeness (QED) is 0.391. The van der Waals surface area contributed by atoms with Crippen LogP contribution in [0.3, 0.4) is 0 Å². The van der Waals surface area contributed by atoms with E-state index >= 15 is 0 Å². The lowest BCUT2D eigenvalue weighted by Gasteiger charge is -2.13. The zero-order chi connectivity index (χ0) is 19.2. The van der Waals surface area contributed by atoms with Gasteiger partial charge in [-0.3, -0.25) is 5.10 Å². The fourth-order valence-electron chi connectivity index (χ4n) is 4.05. The van der Waals surface area contributed by atoms with E-state index in [1.807, 2.05) is 0 Å². The molecule has 0 spiro atoms. The summed E-state index contributed by atoms with van der Waals surface area (Å²) in [6, 6.07) is 17.0. The number of nitrogens with one attached hydrogen (secondary N) is 3. The van der Waals surface area contributed by atoms with Gasteiger partial charge in [-0.25, -0.2) is 4.98 Å². The van der Waals surface area contributed by atoms with Crippen LogP contribution < -0.4 is 5.32 Å². The molecule has 0 aliphatic carbocycles. The van der Waals surface area contributed by atoms with Crippen molar-refractivity contribution in [2.24, 2.45) is 0 Å². The number of rotatable bonds is 3. The van der Waals surface area contributed by atoms with Gasteiger partial charge in [0, 0.05) is 27.9 Å². The molecule has 1 aliphatic rings. The minimum absolute atomic E-state index is 0.865. The summed E-state index contributed by atoms with van der Waals surface area (Å²) >= 11 is 1.76. The van der Waals surface area contributed by atoms with Gasteiger partial charge in [0.05, 0.1) is 16.9 Å². The third kappa shape index (κ3) is 2.80. The highest BCUT2D eigenvalue weighted by molar-refractivity contribution is 7.13. The van der Waals surface area contributed by atoms with Gasteiger partial charge in [0.25, 0.3) is 0 Å². The molecule has 3 N–H and O–H groups in total. The zero-order valence-corrected chi connectivity index (χ0v) is 16.5. The van der Waals surface area contributed by atoms with Crippen LogP contribution in [-0.4, -0.2) is 33.3 Å². The van der Waals surface area contributed by atoms with Crippen molar-refractivity contribution in [3.8, 4) is 21.8 Å². The third-order valence-corrected chi connectivity index (χ3v) is 6.41. The van der Waals surface area contributed by atoms with E-state index in [2.05, 4.69) is 80.5 Å². The van der Waals surface area contributed by atoms with E-state index in [4.69, 9.17) is 4.98 Å². The third-order valence-electron chi connectivity index (χ3n) is 5.51. The molecule has 0 saturated heterocycles. The Morgan fingerprint density at radius 1 is 1.00 bits per heavy atom. The van der Waals surface area contributed by atoms with Gasteiger partial charge in [-0.1, -0.05) is 24.3 Å². The number of H-pyrrole nitrogens is 2. The first kappa shape index (κ1) is 16.7. The number of pyridine rings is 1. The summed E-state index contributed by atoms with van der Waals surface area (Å²) in [5.41, 5.74) is 8.41. The van der Waals surface area contributed by atoms with Crippen molar-refractivity contribution in [2.75, 3.05) is 13.1 Å². The van der Waals surface area contributed by atoms with Crippen LogP contribution in [0.15, 0.2) is 60.0 Å². The Hall–Kier alpha value is -3.22. The van der Waals surface area contributed by atoms with Crippen molar-refractivity contribution in [2.45, 2.75) is 6.42 Å². The van der Waals surface area contributed by atoms with Crippen LogP contribution in [0.4, 0.5) is 0 Å². The van der Waals surface area contributed by atoms with Gasteiger partial charge >= 0.3 is 0 Å². The number of hydrogen-bond donors (Lipinski definition) is 3. The second kappa shape index (κ2) is 6.69. The standard InChI is InChI=1S/C23H19N5S/c1-3-15(21-5-2-12-29-21)16-13-20(25-18(16)4-1)23-22-19(27-28-23)7-6-17(26-22)14-8-10-24-11-9-14/h1-8,12-13,24-25H,9-11H2,(H,27,28). The van der Waals surface area contributed by atoms with Crippen LogP contribution in [0.2, 0.25) is 0 Å². The van der Waals surface area contributed by atoms with Gasteiger partial charge in [-0.15, -0.1) is 11.3 Å². The molecule has 0 unspecified atom stereocenters. The molecule has 29 heavy (non-hydrogen) atoms. The van der Waals surface area contributed by atoms with Gasteiger partial charge in [0.15, 0.2) is 0 Å². The van der Waals surface area contributed by atoms with Gasteiger partial charge in [-0.05, 0) is 54.3 Å². The summed E-state index contributed by atoms with van der Waals surface area (Å²) in [7, 11) is 0. The molecule has 0 bridgehead atoms. The number of nitrogens with zero attached hydrogens (tertiary/aromatic N) is 2. The van der Waals surface area contributed by atoms with Crippen molar-refractivity contribution in [1.82, 2.24) is 25.5 Å². The molecule has 1 aromatic carbocycles. The first-order valence-corrected chi connectivity index (χ1v) is 10.7. The van der Waals surface area contributed by atoms with Crippen LogP contribution in [0.5, 0.6) is 0 Å². The lowest BCUT2D eigenvalue weighted by molar-refractivity contribution is 0.737. The van der Waals surface area contributed by atoms with Crippen molar-refractivity contribution >= 4 is 38.8 Å². The monoisotopic (exact) mass is 397 g/mol. The van der Waals surface area contributed by atoms with E-state index in [-0.39, 0.29) is 0 Å². The highest BCUT2D eigenvalue weighted by Crippen LogP contribution is 2.35. The summed E-state index contributed by atoms with van der Waals surface area (Å²) in [6.07, 6.45) is 3.23. The van der Waals surface area contributed by atoms with E-state index in [0.29, 0.717) is 0 Å². The van der Waals surface area contributed by atoms with Crippen LogP contribution >= 0.6 is 11.3 Å². The second-order valence-corrected chi connectivity index (χ2v) is 8.22. The topological polar surface area (TPSA) is 69.4 Å². The SMILES string of the molecule is C1=C(c2ccc3[nH]nc(-c4cc5c(-c6cccs6)cccc5[nH]4)c3n2)CCNC1. The van der Waals surface area contributed by atoms with Crippen LogP contribution in [0, 0.1) is 0 Å². The maximum Gasteiger partial charge on any atom is 0.135 e. The number of aromatic amines is 2. The molecule has 1 aliphatic heterocycles.